The second kappa shape index (κ2) is 8.52. The van der Waals surface area contributed by atoms with Crippen LogP contribution in [0.3, 0.4) is 0 Å². The maximum Gasteiger partial charge on any atom is 0.176 e. The van der Waals surface area contributed by atoms with Crippen LogP contribution in [-0.4, -0.2) is 33.2 Å². The minimum absolute atomic E-state index is 0.574. The van der Waals surface area contributed by atoms with Gasteiger partial charge in [0, 0.05) is 24.0 Å². The molecule has 0 atom stereocenters. The Morgan fingerprint density at radius 2 is 1.22 bits per heavy atom. The van der Waals surface area contributed by atoms with E-state index in [1.54, 1.807) is 14.2 Å². The van der Waals surface area contributed by atoms with Crippen LogP contribution in [0.5, 0.6) is 11.5 Å². The van der Waals surface area contributed by atoms with Gasteiger partial charge in [0.1, 0.15) is 11.5 Å². The number of hydrogen-bond donors (Lipinski definition) is 0. The predicted octanol–water partition coefficient (Wildman–Crippen LogP) is 5.37. The van der Waals surface area contributed by atoms with Crippen molar-refractivity contribution in [1.29, 1.82) is 0 Å². The molecule has 0 N–H and O–H groups in total. The van der Waals surface area contributed by atoms with Gasteiger partial charge in [-0.15, -0.1) is 0 Å². The second-order valence-electron chi connectivity index (χ2n) is 6.84. The van der Waals surface area contributed by atoms with Crippen LogP contribution in [0, 0.1) is 13.8 Å². The highest BCUT2D eigenvalue weighted by Crippen LogP contribution is 2.39. The number of halogens is 2. The van der Waals surface area contributed by atoms with Crippen molar-refractivity contribution in [3.63, 3.8) is 0 Å². The maximum absolute atomic E-state index is 6.14. The third kappa shape index (κ3) is 4.50. The average molecular weight is 500 g/mol. The Morgan fingerprint density at radius 1 is 0.815 bits per heavy atom. The van der Waals surface area contributed by atoms with Gasteiger partial charge in [-0.05, 0) is 69.0 Å². The van der Waals surface area contributed by atoms with Crippen LogP contribution in [0.15, 0.2) is 33.2 Å². The molecule has 0 unspecified atom stereocenters. The van der Waals surface area contributed by atoms with Gasteiger partial charge in [0.15, 0.2) is 5.79 Å². The van der Waals surface area contributed by atoms with E-state index < -0.39 is 5.79 Å². The summed E-state index contributed by atoms with van der Waals surface area (Å²) in [5, 5.41) is 0. The molecule has 6 heteroatoms. The highest BCUT2D eigenvalue weighted by Gasteiger charge is 2.39. The lowest BCUT2D eigenvalue weighted by Gasteiger charge is -2.29. The van der Waals surface area contributed by atoms with Gasteiger partial charge >= 0.3 is 0 Å². The van der Waals surface area contributed by atoms with E-state index in [-0.39, 0.29) is 0 Å². The standard InChI is InChI=1S/C21H24Br2O4/c1-13-7-15(19(24-3)17(22)9-13)11-21(26-5-6-27-21)12-16-8-14(2)10-18(23)20(16)25-4/h7-10H,5-6,11-12H2,1-4H3. The zero-order chi connectivity index (χ0) is 19.6. The van der Waals surface area contributed by atoms with Crippen LogP contribution in [0.4, 0.5) is 0 Å². The predicted molar refractivity (Wildman–Crippen MR) is 113 cm³/mol. The molecule has 2 aromatic rings. The van der Waals surface area contributed by atoms with E-state index >= 15 is 0 Å². The van der Waals surface area contributed by atoms with Crippen LogP contribution >= 0.6 is 31.9 Å². The lowest BCUT2D eigenvalue weighted by Crippen LogP contribution is -2.36. The zero-order valence-corrected chi connectivity index (χ0v) is 19.2. The van der Waals surface area contributed by atoms with Crippen molar-refractivity contribution in [2.24, 2.45) is 0 Å². The van der Waals surface area contributed by atoms with Crippen LogP contribution < -0.4 is 9.47 Å². The molecule has 4 nitrogen and oxygen atoms in total. The SMILES string of the molecule is COc1c(Br)cc(C)cc1CC1(Cc2cc(C)cc(Br)c2OC)OCCO1. The molecule has 1 aliphatic rings. The molecule has 1 heterocycles. The minimum atomic E-state index is -0.749. The van der Waals surface area contributed by atoms with Gasteiger partial charge in [-0.25, -0.2) is 0 Å². The van der Waals surface area contributed by atoms with Gasteiger partial charge in [-0.1, -0.05) is 12.1 Å². The summed E-state index contributed by atoms with van der Waals surface area (Å²) in [6.07, 6.45) is 1.18. The Morgan fingerprint density at radius 3 is 1.59 bits per heavy atom. The third-order valence-electron chi connectivity index (χ3n) is 4.67. The van der Waals surface area contributed by atoms with Crippen molar-refractivity contribution in [2.45, 2.75) is 32.5 Å². The van der Waals surface area contributed by atoms with Crippen LogP contribution in [0.25, 0.3) is 0 Å². The van der Waals surface area contributed by atoms with Gasteiger partial charge in [-0.2, -0.15) is 0 Å². The van der Waals surface area contributed by atoms with Crippen molar-refractivity contribution in [3.05, 3.63) is 55.5 Å². The van der Waals surface area contributed by atoms with Crippen molar-refractivity contribution < 1.29 is 18.9 Å². The average Bonchev–Trinajstić information content (AvgIpc) is 3.02. The van der Waals surface area contributed by atoms with E-state index in [0.717, 1.165) is 42.7 Å². The van der Waals surface area contributed by atoms with Crippen LogP contribution in [-0.2, 0) is 22.3 Å². The lowest BCUT2D eigenvalue weighted by molar-refractivity contribution is -0.155. The molecule has 1 saturated heterocycles. The molecule has 0 aliphatic carbocycles. The summed E-state index contributed by atoms with van der Waals surface area (Å²) in [6.45, 7) is 5.28. The number of aryl methyl sites for hydroxylation is 2. The molecule has 146 valence electrons. The van der Waals surface area contributed by atoms with Gasteiger partial charge in [0.25, 0.3) is 0 Å². The first-order valence-corrected chi connectivity index (χ1v) is 10.4. The molecule has 1 fully saturated rings. The molecule has 2 aromatic carbocycles. The smallest absolute Gasteiger partial charge is 0.176 e. The Balaban J connectivity index is 1.99. The Labute approximate surface area is 177 Å². The summed E-state index contributed by atoms with van der Waals surface area (Å²) in [4.78, 5) is 0. The maximum atomic E-state index is 6.14. The summed E-state index contributed by atoms with van der Waals surface area (Å²) >= 11 is 7.20. The number of ether oxygens (including phenoxy) is 4. The topological polar surface area (TPSA) is 36.9 Å². The molecule has 0 spiro atoms. The Kier molecular flexibility index (Phi) is 6.51. The van der Waals surface area contributed by atoms with E-state index in [2.05, 4.69) is 57.8 Å². The molecule has 0 bridgehead atoms. The first-order chi connectivity index (χ1) is 12.9. The normalized spacial score (nSPS) is 15.8. The first-order valence-electron chi connectivity index (χ1n) is 8.81. The Bertz CT molecular complexity index is 766. The number of hydrogen-bond acceptors (Lipinski definition) is 4. The van der Waals surface area contributed by atoms with Gasteiger partial charge in [0.2, 0.25) is 0 Å². The monoisotopic (exact) mass is 498 g/mol. The summed E-state index contributed by atoms with van der Waals surface area (Å²) in [6, 6.07) is 8.34. The molecule has 0 radical (unpaired) electrons. The van der Waals surface area contributed by atoms with E-state index in [1.165, 1.54) is 0 Å². The summed E-state index contributed by atoms with van der Waals surface area (Å²) in [5.74, 6) is 0.883. The van der Waals surface area contributed by atoms with Gasteiger partial charge in [-0.3, -0.25) is 0 Å². The van der Waals surface area contributed by atoms with E-state index in [9.17, 15) is 0 Å². The van der Waals surface area contributed by atoms with E-state index in [1.807, 2.05) is 12.1 Å². The van der Waals surface area contributed by atoms with Crippen LogP contribution in [0.1, 0.15) is 22.3 Å². The van der Waals surface area contributed by atoms with Crippen LogP contribution in [0.2, 0.25) is 0 Å². The zero-order valence-electron chi connectivity index (χ0n) is 16.0. The molecule has 1 aliphatic heterocycles. The fourth-order valence-corrected chi connectivity index (χ4v) is 5.22. The first kappa shape index (κ1) is 20.6. The molecule has 27 heavy (non-hydrogen) atoms. The van der Waals surface area contributed by atoms with Gasteiger partial charge in [0.05, 0.1) is 36.4 Å². The largest absolute Gasteiger partial charge is 0.495 e. The number of methoxy groups -OCH3 is 2. The minimum Gasteiger partial charge on any atom is -0.495 e. The highest BCUT2D eigenvalue weighted by molar-refractivity contribution is 9.10. The summed E-state index contributed by atoms with van der Waals surface area (Å²) < 4.78 is 25.4. The quantitative estimate of drug-likeness (QED) is 0.535. The van der Waals surface area contributed by atoms with Crippen molar-refractivity contribution in [2.75, 3.05) is 27.4 Å². The highest BCUT2D eigenvalue weighted by atomic mass is 79.9. The van der Waals surface area contributed by atoms with E-state index in [4.69, 9.17) is 18.9 Å². The molecule has 0 amide bonds. The summed E-state index contributed by atoms with van der Waals surface area (Å²) in [5.41, 5.74) is 4.41. The van der Waals surface area contributed by atoms with E-state index in [0.29, 0.717) is 26.1 Å². The molecular weight excluding hydrogens is 476 g/mol. The van der Waals surface area contributed by atoms with Crippen molar-refractivity contribution in [3.8, 4) is 11.5 Å². The van der Waals surface area contributed by atoms with Crippen molar-refractivity contribution in [1.82, 2.24) is 0 Å². The number of rotatable bonds is 6. The summed E-state index contributed by atoms with van der Waals surface area (Å²) in [7, 11) is 3.37. The van der Waals surface area contributed by atoms with Crippen molar-refractivity contribution >= 4 is 31.9 Å². The molecule has 0 aromatic heterocycles. The fourth-order valence-electron chi connectivity index (χ4n) is 3.67. The van der Waals surface area contributed by atoms with Gasteiger partial charge < -0.3 is 18.9 Å². The lowest BCUT2D eigenvalue weighted by atomic mass is 9.95. The molecule has 3 rings (SSSR count). The fraction of sp³-hybridized carbons (Fsp3) is 0.429. The number of benzene rings is 2. The third-order valence-corrected chi connectivity index (χ3v) is 5.85. The molecular formula is C21H24Br2O4. The Hall–Kier alpha value is -1.08. The molecule has 0 saturated carbocycles. The second-order valence-corrected chi connectivity index (χ2v) is 8.55.